The summed E-state index contributed by atoms with van der Waals surface area (Å²) in [5.74, 6) is -2.35. The number of aryl methyl sites for hydroxylation is 1. The Hall–Kier alpha value is -1.74. The molecule has 0 bridgehead atoms. The molecule has 0 radical (unpaired) electrons. The molecule has 28 heavy (non-hydrogen) atoms. The van der Waals surface area contributed by atoms with Crippen molar-refractivity contribution in [2.45, 2.75) is 67.7 Å². The Bertz CT molecular complexity index is 899. The fourth-order valence-corrected chi connectivity index (χ4v) is 4.82. The van der Waals surface area contributed by atoms with Gasteiger partial charge in [0.25, 0.3) is 5.91 Å². The van der Waals surface area contributed by atoms with E-state index in [9.17, 15) is 22.8 Å². The van der Waals surface area contributed by atoms with E-state index in [4.69, 9.17) is 4.74 Å². The first-order valence-corrected chi connectivity index (χ1v) is 11.1. The molecule has 9 heteroatoms. The lowest BCUT2D eigenvalue weighted by Gasteiger charge is -2.31. The van der Waals surface area contributed by atoms with Crippen LogP contribution in [0.5, 0.6) is 0 Å². The van der Waals surface area contributed by atoms with Crippen molar-refractivity contribution in [3.8, 4) is 0 Å². The van der Waals surface area contributed by atoms with Crippen molar-refractivity contribution in [3.05, 3.63) is 29.8 Å². The van der Waals surface area contributed by atoms with Crippen LogP contribution in [-0.4, -0.2) is 46.4 Å². The van der Waals surface area contributed by atoms with E-state index in [0.717, 1.165) is 5.56 Å². The molecule has 1 unspecified atom stereocenters. The monoisotopic (exact) mass is 473 g/mol. The Labute approximate surface area is 173 Å². The van der Waals surface area contributed by atoms with Crippen LogP contribution in [0.3, 0.4) is 0 Å². The molecule has 0 saturated carbocycles. The molecular formula is C19H24BrNO6S. The molecule has 0 aliphatic carbocycles. The topological polar surface area (TPSA) is 97.8 Å². The largest absolute Gasteiger partial charge is 0.458 e. The maximum Gasteiger partial charge on any atom is 0.329 e. The van der Waals surface area contributed by atoms with E-state index in [0.29, 0.717) is 4.90 Å². The third-order valence-electron chi connectivity index (χ3n) is 4.33. The van der Waals surface area contributed by atoms with Crippen molar-refractivity contribution in [1.29, 1.82) is 0 Å². The summed E-state index contributed by atoms with van der Waals surface area (Å²) in [5, 5.41) is 0. The van der Waals surface area contributed by atoms with Crippen LogP contribution < -0.4 is 0 Å². The van der Waals surface area contributed by atoms with Gasteiger partial charge in [0, 0.05) is 6.42 Å². The number of hydrogen-bond acceptors (Lipinski definition) is 6. The Morgan fingerprint density at radius 3 is 2.18 bits per heavy atom. The Balaban J connectivity index is 2.39. The maximum atomic E-state index is 13.1. The molecule has 1 aromatic rings. The fourth-order valence-electron chi connectivity index (χ4n) is 2.80. The summed E-state index contributed by atoms with van der Waals surface area (Å²) >= 11 is 3.02. The normalized spacial score (nSPS) is 20.0. The zero-order chi connectivity index (χ0) is 21.5. The van der Waals surface area contributed by atoms with Crippen molar-refractivity contribution < 1.29 is 27.5 Å². The zero-order valence-corrected chi connectivity index (χ0v) is 18.9. The van der Waals surface area contributed by atoms with Gasteiger partial charge in [0.15, 0.2) is 0 Å². The lowest BCUT2D eigenvalue weighted by atomic mass is 10.1. The molecule has 1 aromatic carbocycles. The molecule has 2 atom stereocenters. The number of nitrogens with zero attached hydrogens (tertiary/aromatic N) is 1. The third kappa shape index (κ3) is 4.30. The highest BCUT2D eigenvalue weighted by Gasteiger charge is 2.53. The molecule has 1 aliphatic rings. The van der Waals surface area contributed by atoms with Gasteiger partial charge >= 0.3 is 5.97 Å². The minimum atomic E-state index is -4.18. The lowest BCUT2D eigenvalue weighted by molar-refractivity contribution is -0.165. The summed E-state index contributed by atoms with van der Waals surface area (Å²) in [6.07, 6.45) is 0.0520. The first kappa shape index (κ1) is 22.5. The molecule has 1 heterocycles. The van der Waals surface area contributed by atoms with Gasteiger partial charge in [-0.15, -0.1) is 0 Å². The first-order valence-electron chi connectivity index (χ1n) is 8.78. The highest BCUT2D eigenvalue weighted by atomic mass is 79.9. The molecular weight excluding hydrogens is 450 g/mol. The molecule has 0 N–H and O–H groups in total. The number of likely N-dealkylation sites (tertiary alicyclic amines) is 1. The summed E-state index contributed by atoms with van der Waals surface area (Å²) < 4.78 is 29.3. The molecule has 154 valence electrons. The molecule has 0 aromatic heterocycles. The Morgan fingerprint density at radius 1 is 1.14 bits per heavy atom. The minimum Gasteiger partial charge on any atom is -0.458 e. The summed E-state index contributed by atoms with van der Waals surface area (Å²) in [4.78, 5) is 38.6. The van der Waals surface area contributed by atoms with Crippen LogP contribution in [0, 0.1) is 6.92 Å². The number of imide groups is 1. The van der Waals surface area contributed by atoms with E-state index in [1.165, 1.54) is 19.1 Å². The standard InChI is InChI=1S/C19H24BrNO6S/c1-12-6-8-13(9-7-12)28(25,26)19(5,20)17(24)21-14(10-11-15(21)22)16(23)27-18(2,3)4/h6-9,14H,10-11H2,1-5H3/t14-,19?/m0/s1. The zero-order valence-electron chi connectivity index (χ0n) is 16.5. The molecule has 2 amide bonds. The van der Waals surface area contributed by atoms with Crippen LogP contribution >= 0.6 is 15.9 Å². The summed E-state index contributed by atoms with van der Waals surface area (Å²) in [5.41, 5.74) is 0.0598. The van der Waals surface area contributed by atoms with Gasteiger partial charge in [0.2, 0.25) is 19.4 Å². The smallest absolute Gasteiger partial charge is 0.329 e. The number of amides is 2. The van der Waals surface area contributed by atoms with Gasteiger partial charge in [0.05, 0.1) is 4.90 Å². The quantitative estimate of drug-likeness (QED) is 0.492. The Kier molecular flexibility index (Phi) is 6.11. The summed E-state index contributed by atoms with van der Waals surface area (Å²) in [6.45, 7) is 7.99. The second kappa shape index (κ2) is 7.59. The van der Waals surface area contributed by atoms with Gasteiger partial charge in [0.1, 0.15) is 11.6 Å². The molecule has 7 nitrogen and oxygen atoms in total. The molecule has 0 spiro atoms. The Morgan fingerprint density at radius 2 is 1.68 bits per heavy atom. The molecule has 1 fully saturated rings. The van der Waals surface area contributed by atoms with E-state index in [-0.39, 0.29) is 17.7 Å². The van der Waals surface area contributed by atoms with Crippen LogP contribution in [0.1, 0.15) is 46.1 Å². The fraction of sp³-hybridized carbons (Fsp3) is 0.526. The first-order chi connectivity index (χ1) is 12.7. The van der Waals surface area contributed by atoms with Crippen LogP contribution in [-0.2, 0) is 29.0 Å². The predicted octanol–water partition coefficient (Wildman–Crippen LogP) is 2.74. The van der Waals surface area contributed by atoms with Gasteiger partial charge in [-0.25, -0.2) is 13.2 Å². The number of carbonyl (C=O) groups is 3. The number of halogens is 1. The number of carbonyl (C=O) groups excluding carboxylic acids is 3. The van der Waals surface area contributed by atoms with Crippen molar-refractivity contribution in [1.82, 2.24) is 4.90 Å². The van der Waals surface area contributed by atoms with E-state index in [1.807, 2.05) is 6.92 Å². The van der Waals surface area contributed by atoms with Crippen molar-refractivity contribution in [2.24, 2.45) is 0 Å². The number of benzene rings is 1. The van der Waals surface area contributed by atoms with Crippen LogP contribution in [0.2, 0.25) is 0 Å². The van der Waals surface area contributed by atoms with Gasteiger partial charge in [-0.3, -0.25) is 14.5 Å². The van der Waals surface area contributed by atoms with E-state index >= 15 is 0 Å². The summed E-state index contributed by atoms with van der Waals surface area (Å²) in [6, 6.07) is 4.88. The third-order valence-corrected chi connectivity index (χ3v) is 8.02. The predicted molar refractivity (Wildman–Crippen MR) is 106 cm³/mol. The molecule has 1 saturated heterocycles. The number of rotatable bonds is 4. The highest BCUT2D eigenvalue weighted by molar-refractivity contribution is 9.12. The number of esters is 1. The average molecular weight is 474 g/mol. The van der Waals surface area contributed by atoms with Gasteiger partial charge < -0.3 is 4.74 Å². The lowest BCUT2D eigenvalue weighted by Crippen LogP contribution is -2.54. The van der Waals surface area contributed by atoms with Gasteiger partial charge in [-0.05, 0) is 53.2 Å². The second-order valence-electron chi connectivity index (χ2n) is 7.89. The SMILES string of the molecule is Cc1ccc(S(=O)(=O)C(C)(Br)C(=O)N2C(=O)CC[C@H]2C(=O)OC(C)(C)C)cc1. The van der Waals surface area contributed by atoms with Crippen molar-refractivity contribution >= 4 is 43.6 Å². The highest BCUT2D eigenvalue weighted by Crippen LogP contribution is 2.36. The molecule has 1 aliphatic heterocycles. The van der Waals surface area contributed by atoms with Crippen LogP contribution in [0.25, 0.3) is 0 Å². The number of alkyl halides is 1. The van der Waals surface area contributed by atoms with Crippen LogP contribution in [0.15, 0.2) is 29.2 Å². The second-order valence-corrected chi connectivity index (χ2v) is 12.3. The average Bonchev–Trinajstić information content (AvgIpc) is 2.94. The minimum absolute atomic E-state index is 0.0384. The maximum absolute atomic E-state index is 13.1. The molecule has 2 rings (SSSR count). The van der Waals surface area contributed by atoms with Crippen LogP contribution in [0.4, 0.5) is 0 Å². The van der Waals surface area contributed by atoms with E-state index in [2.05, 4.69) is 15.9 Å². The van der Waals surface area contributed by atoms with E-state index < -0.39 is 42.9 Å². The summed E-state index contributed by atoms with van der Waals surface area (Å²) in [7, 11) is -4.18. The van der Waals surface area contributed by atoms with E-state index in [1.54, 1.807) is 32.9 Å². The van der Waals surface area contributed by atoms with Gasteiger partial charge in [-0.1, -0.05) is 33.6 Å². The number of ether oxygens (including phenoxy) is 1. The van der Waals surface area contributed by atoms with Gasteiger partial charge in [-0.2, -0.15) is 0 Å². The van der Waals surface area contributed by atoms with Crippen molar-refractivity contribution in [3.63, 3.8) is 0 Å². The number of sulfone groups is 1. The number of hydrogen-bond donors (Lipinski definition) is 0. The van der Waals surface area contributed by atoms with Crippen molar-refractivity contribution in [2.75, 3.05) is 0 Å².